The van der Waals surface area contributed by atoms with Gasteiger partial charge in [-0.1, -0.05) is 176 Å². The van der Waals surface area contributed by atoms with Gasteiger partial charge in [-0.2, -0.15) is 0 Å². The van der Waals surface area contributed by atoms with Crippen LogP contribution in [0.1, 0.15) is 22.3 Å². The Kier molecular flexibility index (Phi) is 7.98. The molecule has 0 bridgehead atoms. The van der Waals surface area contributed by atoms with Gasteiger partial charge in [0.2, 0.25) is 0 Å². The molecule has 57 heavy (non-hydrogen) atoms. The van der Waals surface area contributed by atoms with Crippen molar-refractivity contribution in [3.63, 3.8) is 0 Å². The number of anilines is 3. The lowest BCUT2D eigenvalue weighted by Gasteiger charge is -2.34. The summed E-state index contributed by atoms with van der Waals surface area (Å²) >= 11 is 1.91. The smallest absolute Gasteiger partial charge is 0.0727 e. The molecular weight excluding hydrogens is 707 g/mol. The molecule has 0 N–H and O–H groups in total. The number of benzene rings is 9. The fraction of sp³-hybridized carbons (Fsp3) is 0.0182. The van der Waals surface area contributed by atoms with Crippen LogP contribution in [0.3, 0.4) is 0 Å². The van der Waals surface area contributed by atoms with E-state index >= 15 is 0 Å². The van der Waals surface area contributed by atoms with Crippen molar-refractivity contribution in [2.75, 3.05) is 4.90 Å². The SMILES string of the molecule is c1ccc(-c2cccc(-c3cccc(N(c4ccccc4)c4ccc5sc6c(C7(c8ccccc8)c8ccccc8-c8ccccc87)cccc6c5c4)c3)c2)cc1. The number of nitrogens with zero attached hydrogens (tertiary/aromatic N) is 1. The van der Waals surface area contributed by atoms with Crippen LogP contribution < -0.4 is 4.90 Å². The van der Waals surface area contributed by atoms with E-state index in [4.69, 9.17) is 0 Å². The Bertz CT molecular complexity index is 3030. The van der Waals surface area contributed by atoms with Gasteiger partial charge in [0.1, 0.15) is 0 Å². The molecular formula is C55H37NS. The standard InChI is InChI=1S/C55H37NS/c1-4-17-38(18-5-1)39-19-14-20-40(35-39)41-21-15-26-44(36-41)56(43-24-8-3-9-25-43)45-33-34-53-49(37-45)48-29-16-32-52(54(48)57-53)55(42-22-6-2-7-23-42)50-30-12-10-27-46(50)47-28-11-13-31-51(47)55/h1-37H. The minimum Gasteiger partial charge on any atom is -0.310 e. The minimum atomic E-state index is -0.452. The fourth-order valence-electron chi connectivity index (χ4n) is 9.26. The van der Waals surface area contributed by atoms with E-state index in [1.165, 1.54) is 75.8 Å². The van der Waals surface area contributed by atoms with Gasteiger partial charge in [0.05, 0.1) is 5.41 Å². The second-order valence-corrected chi connectivity index (χ2v) is 15.9. The first-order valence-corrected chi connectivity index (χ1v) is 20.4. The number of thiophene rings is 1. The Morgan fingerprint density at radius 1 is 0.333 bits per heavy atom. The number of hydrogen-bond donors (Lipinski definition) is 0. The number of fused-ring (bicyclic) bond motifs is 6. The quantitative estimate of drug-likeness (QED) is 0.157. The molecule has 0 atom stereocenters. The van der Waals surface area contributed by atoms with Gasteiger partial charge in [0.15, 0.2) is 0 Å². The first-order chi connectivity index (χ1) is 28.3. The summed E-state index contributed by atoms with van der Waals surface area (Å²) in [7, 11) is 0. The monoisotopic (exact) mass is 743 g/mol. The molecule has 0 unspecified atom stereocenters. The van der Waals surface area contributed by atoms with Crippen LogP contribution in [0.2, 0.25) is 0 Å². The van der Waals surface area contributed by atoms with Crippen molar-refractivity contribution < 1.29 is 0 Å². The molecule has 268 valence electrons. The molecule has 11 rings (SSSR count). The lowest BCUT2D eigenvalue weighted by molar-refractivity contribution is 0.778. The van der Waals surface area contributed by atoms with Crippen molar-refractivity contribution in [1.82, 2.24) is 0 Å². The van der Waals surface area contributed by atoms with E-state index in [1.807, 2.05) is 11.3 Å². The normalized spacial score (nSPS) is 12.7. The van der Waals surface area contributed by atoms with E-state index in [0.29, 0.717) is 0 Å². The molecule has 0 aliphatic heterocycles. The summed E-state index contributed by atoms with van der Waals surface area (Å²) in [5.74, 6) is 0. The molecule has 1 nitrogen and oxygen atoms in total. The zero-order valence-electron chi connectivity index (χ0n) is 31.2. The van der Waals surface area contributed by atoms with Gasteiger partial charge in [-0.15, -0.1) is 11.3 Å². The molecule has 2 heteroatoms. The first kappa shape index (κ1) is 33.3. The largest absolute Gasteiger partial charge is 0.310 e. The molecule has 0 spiro atoms. The Labute approximate surface area is 337 Å². The summed E-state index contributed by atoms with van der Waals surface area (Å²) in [6.45, 7) is 0. The highest BCUT2D eigenvalue weighted by Gasteiger charge is 2.47. The molecule has 0 saturated carbocycles. The van der Waals surface area contributed by atoms with Crippen molar-refractivity contribution in [2.24, 2.45) is 0 Å². The van der Waals surface area contributed by atoms with Crippen LogP contribution in [-0.4, -0.2) is 0 Å². The van der Waals surface area contributed by atoms with Crippen LogP contribution in [0, 0.1) is 0 Å². The van der Waals surface area contributed by atoms with Crippen LogP contribution in [-0.2, 0) is 5.41 Å². The highest BCUT2D eigenvalue weighted by Crippen LogP contribution is 2.58. The van der Waals surface area contributed by atoms with E-state index in [9.17, 15) is 0 Å². The van der Waals surface area contributed by atoms with Crippen LogP contribution in [0.25, 0.3) is 53.6 Å². The van der Waals surface area contributed by atoms with Crippen LogP contribution in [0.15, 0.2) is 224 Å². The zero-order valence-corrected chi connectivity index (χ0v) is 32.0. The summed E-state index contributed by atoms with van der Waals surface area (Å²) in [5.41, 5.74) is 15.6. The van der Waals surface area contributed by atoms with Crippen LogP contribution in [0.4, 0.5) is 17.1 Å². The second-order valence-electron chi connectivity index (χ2n) is 14.8. The third kappa shape index (κ3) is 5.37. The van der Waals surface area contributed by atoms with Crippen molar-refractivity contribution >= 4 is 48.6 Å². The maximum atomic E-state index is 2.40. The fourth-order valence-corrected chi connectivity index (χ4v) is 10.5. The van der Waals surface area contributed by atoms with Crippen molar-refractivity contribution in [2.45, 2.75) is 5.41 Å². The van der Waals surface area contributed by atoms with E-state index < -0.39 is 5.41 Å². The van der Waals surface area contributed by atoms with Crippen molar-refractivity contribution in [1.29, 1.82) is 0 Å². The average Bonchev–Trinajstić information content (AvgIpc) is 3.81. The molecule has 0 radical (unpaired) electrons. The maximum Gasteiger partial charge on any atom is 0.0727 e. The van der Waals surface area contributed by atoms with Gasteiger partial charge in [-0.05, 0) is 104 Å². The lowest BCUT2D eigenvalue weighted by atomic mass is 9.67. The van der Waals surface area contributed by atoms with E-state index in [-0.39, 0.29) is 0 Å². The zero-order chi connectivity index (χ0) is 37.8. The molecule has 0 amide bonds. The number of hydrogen-bond acceptors (Lipinski definition) is 2. The summed E-state index contributed by atoms with van der Waals surface area (Å²) in [4.78, 5) is 2.40. The van der Waals surface area contributed by atoms with E-state index in [2.05, 4.69) is 229 Å². The first-order valence-electron chi connectivity index (χ1n) is 19.6. The highest BCUT2D eigenvalue weighted by atomic mass is 32.1. The Morgan fingerprint density at radius 3 is 1.56 bits per heavy atom. The molecule has 1 aliphatic carbocycles. The summed E-state index contributed by atoms with van der Waals surface area (Å²) < 4.78 is 2.61. The average molecular weight is 744 g/mol. The van der Waals surface area contributed by atoms with Crippen molar-refractivity contribution in [3.05, 3.63) is 247 Å². The van der Waals surface area contributed by atoms with Gasteiger partial charge in [0, 0.05) is 37.2 Å². The third-order valence-electron chi connectivity index (χ3n) is 11.7. The maximum absolute atomic E-state index is 2.40. The molecule has 0 saturated heterocycles. The predicted octanol–water partition coefficient (Wildman–Crippen LogP) is 15.2. The summed E-state index contributed by atoms with van der Waals surface area (Å²) in [5, 5.41) is 2.55. The lowest BCUT2D eigenvalue weighted by Crippen LogP contribution is -2.28. The van der Waals surface area contributed by atoms with Crippen molar-refractivity contribution in [3.8, 4) is 33.4 Å². The molecule has 1 aromatic heterocycles. The Balaban J connectivity index is 1.09. The van der Waals surface area contributed by atoms with Gasteiger partial charge in [-0.3, -0.25) is 0 Å². The third-order valence-corrected chi connectivity index (χ3v) is 12.9. The van der Waals surface area contributed by atoms with E-state index in [1.54, 1.807) is 0 Å². The van der Waals surface area contributed by atoms with Gasteiger partial charge < -0.3 is 4.90 Å². The summed E-state index contributed by atoms with van der Waals surface area (Å²) in [6.07, 6.45) is 0. The van der Waals surface area contributed by atoms with E-state index in [0.717, 1.165) is 17.1 Å². The van der Waals surface area contributed by atoms with Crippen LogP contribution >= 0.6 is 11.3 Å². The van der Waals surface area contributed by atoms with Gasteiger partial charge in [0.25, 0.3) is 0 Å². The minimum absolute atomic E-state index is 0.452. The van der Waals surface area contributed by atoms with Gasteiger partial charge >= 0.3 is 0 Å². The summed E-state index contributed by atoms with van der Waals surface area (Å²) in [6, 6.07) is 82.3. The number of rotatable bonds is 7. The molecule has 1 aliphatic rings. The Morgan fingerprint density at radius 2 is 0.842 bits per heavy atom. The molecule has 0 fully saturated rings. The van der Waals surface area contributed by atoms with Gasteiger partial charge in [-0.25, -0.2) is 0 Å². The topological polar surface area (TPSA) is 3.24 Å². The molecule has 1 heterocycles. The molecule has 10 aromatic rings. The second kappa shape index (κ2) is 13.6. The predicted molar refractivity (Wildman–Crippen MR) is 242 cm³/mol. The molecule has 9 aromatic carbocycles. The van der Waals surface area contributed by atoms with Crippen LogP contribution in [0.5, 0.6) is 0 Å². The highest BCUT2D eigenvalue weighted by molar-refractivity contribution is 7.26. The Hall–Kier alpha value is -7.00. The number of para-hydroxylation sites is 1.